The van der Waals surface area contributed by atoms with Crippen molar-refractivity contribution in [2.45, 2.75) is 24.4 Å². The van der Waals surface area contributed by atoms with Crippen LogP contribution in [0.5, 0.6) is 0 Å². The molecule has 1 aliphatic rings. The number of anilines is 1. The van der Waals surface area contributed by atoms with Gasteiger partial charge in [0.1, 0.15) is 23.4 Å². The van der Waals surface area contributed by atoms with E-state index in [1.54, 1.807) is 36.1 Å². The number of aromatic nitrogens is 5. The predicted octanol–water partition coefficient (Wildman–Crippen LogP) is 1.85. The lowest BCUT2D eigenvalue weighted by Crippen LogP contribution is -2.48. The van der Waals surface area contributed by atoms with Gasteiger partial charge in [0.2, 0.25) is 0 Å². The zero-order chi connectivity index (χ0) is 19.7. The summed E-state index contributed by atoms with van der Waals surface area (Å²) in [7, 11) is 1.75. The highest BCUT2D eigenvalue weighted by atomic mass is 19.1. The number of alkyl halides is 1. The maximum atomic E-state index is 13.6. The molecule has 0 aliphatic heterocycles. The molecule has 8 nitrogen and oxygen atoms in total. The van der Waals surface area contributed by atoms with Crippen LogP contribution in [0.1, 0.15) is 29.0 Å². The second-order valence-corrected chi connectivity index (χ2v) is 7.08. The molecule has 0 unspecified atom stereocenters. The monoisotopic (exact) mass is 381 g/mol. The number of nitrogens with one attached hydrogen (secondary N) is 1. The van der Waals surface area contributed by atoms with Crippen molar-refractivity contribution >= 4 is 11.7 Å². The number of rotatable bonds is 6. The van der Waals surface area contributed by atoms with Crippen LogP contribution in [0.3, 0.4) is 0 Å². The topological polar surface area (TPSA) is 112 Å². The fourth-order valence-electron chi connectivity index (χ4n) is 3.54. The Hall–Kier alpha value is -3.36. The fraction of sp³-hybridized carbons (Fsp3) is 0.316. The van der Waals surface area contributed by atoms with Gasteiger partial charge in [0.25, 0.3) is 5.91 Å². The first-order valence-corrected chi connectivity index (χ1v) is 8.94. The van der Waals surface area contributed by atoms with Gasteiger partial charge in [-0.25, -0.2) is 9.37 Å². The van der Waals surface area contributed by atoms with Gasteiger partial charge in [-0.15, -0.1) is 10.2 Å². The summed E-state index contributed by atoms with van der Waals surface area (Å²) >= 11 is 0. The average molecular weight is 381 g/mol. The van der Waals surface area contributed by atoms with Crippen LogP contribution in [0.2, 0.25) is 0 Å². The van der Waals surface area contributed by atoms with Gasteiger partial charge in [0, 0.05) is 37.1 Å². The molecule has 0 radical (unpaired) electrons. The maximum Gasteiger partial charge on any atom is 0.268 e. The van der Waals surface area contributed by atoms with Crippen molar-refractivity contribution in [1.29, 1.82) is 0 Å². The number of nitrogens with zero attached hydrogens (tertiary/aromatic N) is 5. The largest absolute Gasteiger partial charge is 0.368 e. The van der Waals surface area contributed by atoms with E-state index in [1.165, 1.54) is 0 Å². The molecule has 1 aliphatic carbocycles. The summed E-state index contributed by atoms with van der Waals surface area (Å²) in [6, 6.07) is 9.23. The fourth-order valence-corrected chi connectivity index (χ4v) is 3.54. The van der Waals surface area contributed by atoms with E-state index in [4.69, 9.17) is 5.73 Å². The number of carbonyl (C=O) groups excluding carboxylic acids is 1. The lowest BCUT2D eigenvalue weighted by Gasteiger charge is -2.43. The van der Waals surface area contributed by atoms with E-state index in [0.29, 0.717) is 36.7 Å². The Kier molecular flexibility index (Phi) is 4.50. The van der Waals surface area contributed by atoms with Crippen molar-refractivity contribution in [2.24, 2.45) is 12.8 Å². The summed E-state index contributed by atoms with van der Waals surface area (Å²) in [5.41, 5.74) is 6.50. The van der Waals surface area contributed by atoms with Crippen LogP contribution in [0.25, 0.3) is 11.5 Å². The number of aryl methyl sites for hydroxylation is 1. The highest BCUT2D eigenvalue weighted by Gasteiger charge is 2.46. The minimum absolute atomic E-state index is 0.171. The van der Waals surface area contributed by atoms with E-state index in [0.717, 1.165) is 5.69 Å². The van der Waals surface area contributed by atoms with Gasteiger partial charge < -0.3 is 15.6 Å². The predicted molar refractivity (Wildman–Crippen MR) is 101 cm³/mol. The van der Waals surface area contributed by atoms with E-state index in [9.17, 15) is 9.18 Å². The molecule has 1 amide bonds. The molecular weight excluding hydrogens is 361 g/mol. The van der Waals surface area contributed by atoms with E-state index >= 15 is 0 Å². The number of nitrogens with two attached hydrogens (primary N) is 1. The van der Waals surface area contributed by atoms with Crippen LogP contribution >= 0.6 is 0 Å². The summed E-state index contributed by atoms with van der Waals surface area (Å²) < 4.78 is 15.3. The Labute approximate surface area is 161 Å². The Morgan fingerprint density at radius 3 is 2.71 bits per heavy atom. The van der Waals surface area contributed by atoms with Gasteiger partial charge in [0.15, 0.2) is 5.82 Å². The smallest absolute Gasteiger partial charge is 0.268 e. The molecular formula is C19H20FN7O. The Balaban J connectivity index is 1.48. The number of amides is 1. The second kappa shape index (κ2) is 6.99. The van der Waals surface area contributed by atoms with E-state index < -0.39 is 12.1 Å². The molecule has 1 saturated carbocycles. The van der Waals surface area contributed by atoms with Crippen LogP contribution in [0.4, 0.5) is 10.2 Å². The summed E-state index contributed by atoms with van der Waals surface area (Å²) in [6.07, 6.45) is 3.34. The second-order valence-electron chi connectivity index (χ2n) is 7.08. The van der Waals surface area contributed by atoms with Gasteiger partial charge in [-0.1, -0.05) is 6.07 Å². The number of halogens is 1. The molecule has 1 fully saturated rings. The number of hydrogen-bond donors (Lipinski definition) is 2. The molecule has 3 heterocycles. The summed E-state index contributed by atoms with van der Waals surface area (Å²) in [5.74, 6) is 0.474. The molecule has 28 heavy (non-hydrogen) atoms. The highest BCUT2D eigenvalue weighted by Crippen LogP contribution is 2.44. The third-order valence-corrected chi connectivity index (χ3v) is 5.06. The Morgan fingerprint density at radius 2 is 2.14 bits per heavy atom. The maximum absolute atomic E-state index is 13.6. The minimum Gasteiger partial charge on any atom is -0.368 e. The summed E-state index contributed by atoms with van der Waals surface area (Å²) in [6.45, 7) is 0.521. The van der Waals surface area contributed by atoms with Gasteiger partial charge >= 0.3 is 0 Å². The normalized spacial score (nSPS) is 21.1. The van der Waals surface area contributed by atoms with Crippen molar-refractivity contribution in [1.82, 2.24) is 24.7 Å². The first-order chi connectivity index (χ1) is 13.5. The van der Waals surface area contributed by atoms with Crippen molar-refractivity contribution in [3.05, 3.63) is 54.1 Å². The molecule has 9 heteroatoms. The lowest BCUT2D eigenvalue weighted by molar-refractivity contribution is 0.0991. The molecule has 0 atom stereocenters. The van der Waals surface area contributed by atoms with Crippen molar-refractivity contribution in [3.63, 3.8) is 0 Å². The van der Waals surface area contributed by atoms with Crippen LogP contribution < -0.4 is 11.1 Å². The van der Waals surface area contributed by atoms with E-state index in [1.807, 2.05) is 18.2 Å². The number of primary amides is 1. The average Bonchev–Trinajstić information content (AvgIpc) is 3.07. The van der Waals surface area contributed by atoms with Crippen LogP contribution in [0.15, 0.2) is 42.7 Å². The van der Waals surface area contributed by atoms with Crippen molar-refractivity contribution < 1.29 is 9.18 Å². The molecule has 3 aromatic rings. The minimum atomic E-state index is -0.805. The number of carbonyl (C=O) groups is 1. The van der Waals surface area contributed by atoms with Crippen LogP contribution in [-0.2, 0) is 12.5 Å². The quantitative estimate of drug-likeness (QED) is 0.674. The van der Waals surface area contributed by atoms with Gasteiger partial charge in [0.05, 0.1) is 0 Å². The molecule has 3 aromatic heterocycles. The first-order valence-electron chi connectivity index (χ1n) is 8.94. The zero-order valence-corrected chi connectivity index (χ0v) is 15.3. The van der Waals surface area contributed by atoms with Gasteiger partial charge in [-0.2, -0.15) is 0 Å². The summed E-state index contributed by atoms with van der Waals surface area (Å²) in [5, 5.41) is 11.6. The number of imidazole rings is 1. The van der Waals surface area contributed by atoms with Crippen LogP contribution in [-0.4, -0.2) is 43.4 Å². The first kappa shape index (κ1) is 18.0. The Bertz CT molecular complexity index is 981. The molecule has 0 bridgehead atoms. The SMILES string of the molecule is Cn1cc(C(N)=O)nc1-c1ccc(NCC2(c3ccccn3)CC(F)C2)nn1. The van der Waals surface area contributed by atoms with Crippen LogP contribution in [0, 0.1) is 0 Å². The van der Waals surface area contributed by atoms with Gasteiger partial charge in [-0.3, -0.25) is 9.78 Å². The standard InChI is InChI=1S/C19H20FN7O/c1-27-10-14(17(21)28)24-18(27)13-5-6-16(26-25-13)23-11-19(8-12(20)9-19)15-4-2-3-7-22-15/h2-7,10,12H,8-9,11H2,1H3,(H2,21,28)(H,23,26). The zero-order valence-electron chi connectivity index (χ0n) is 15.3. The molecule has 4 rings (SSSR count). The van der Waals surface area contributed by atoms with E-state index in [-0.39, 0.29) is 11.1 Å². The third kappa shape index (κ3) is 3.30. The molecule has 144 valence electrons. The molecule has 3 N–H and O–H groups in total. The molecule has 0 spiro atoms. The van der Waals surface area contributed by atoms with Crippen molar-refractivity contribution in [3.8, 4) is 11.5 Å². The van der Waals surface area contributed by atoms with Gasteiger partial charge in [-0.05, 0) is 37.1 Å². The summed E-state index contributed by atoms with van der Waals surface area (Å²) in [4.78, 5) is 19.9. The van der Waals surface area contributed by atoms with E-state index in [2.05, 4.69) is 25.5 Å². The highest BCUT2D eigenvalue weighted by molar-refractivity contribution is 5.91. The number of pyridine rings is 1. The number of hydrogen-bond acceptors (Lipinski definition) is 6. The Morgan fingerprint density at radius 1 is 1.32 bits per heavy atom. The molecule has 0 aromatic carbocycles. The lowest BCUT2D eigenvalue weighted by atomic mass is 9.65. The van der Waals surface area contributed by atoms with Crippen molar-refractivity contribution in [2.75, 3.05) is 11.9 Å². The third-order valence-electron chi connectivity index (χ3n) is 5.06. The molecule has 0 saturated heterocycles.